The molecule has 1 N–H and O–H groups in total. The van der Waals surface area contributed by atoms with Crippen LogP contribution in [0, 0.1) is 0 Å². The summed E-state index contributed by atoms with van der Waals surface area (Å²) in [6.07, 6.45) is 3.69. The zero-order chi connectivity index (χ0) is 20.3. The van der Waals surface area contributed by atoms with Gasteiger partial charge in [-0.25, -0.2) is 13.1 Å². The molecule has 2 aromatic heterocycles. The predicted octanol–water partition coefficient (Wildman–Crippen LogP) is 1.32. The number of amides is 1. The first-order chi connectivity index (χ1) is 14.0. The summed E-state index contributed by atoms with van der Waals surface area (Å²) in [5, 5.41) is 11.0. The minimum atomic E-state index is -3.49. The number of aromatic nitrogens is 4. The lowest BCUT2D eigenvalue weighted by Gasteiger charge is -2.15. The maximum absolute atomic E-state index is 12.7. The topological polar surface area (TPSA) is 110 Å². The van der Waals surface area contributed by atoms with Gasteiger partial charge in [0.1, 0.15) is 5.52 Å². The van der Waals surface area contributed by atoms with E-state index >= 15 is 0 Å². The van der Waals surface area contributed by atoms with E-state index in [2.05, 4.69) is 20.6 Å². The van der Waals surface area contributed by atoms with Crippen molar-refractivity contribution >= 4 is 27.0 Å². The van der Waals surface area contributed by atoms with Gasteiger partial charge in [-0.3, -0.25) is 9.78 Å². The van der Waals surface area contributed by atoms with Crippen LogP contribution in [-0.4, -0.2) is 51.7 Å². The van der Waals surface area contributed by atoms with E-state index in [1.54, 1.807) is 29.1 Å². The van der Waals surface area contributed by atoms with Gasteiger partial charge in [0.2, 0.25) is 15.9 Å². The molecule has 1 aliphatic rings. The van der Waals surface area contributed by atoms with E-state index in [0.29, 0.717) is 37.2 Å². The van der Waals surface area contributed by atoms with Crippen molar-refractivity contribution in [1.82, 2.24) is 29.6 Å². The molecule has 1 aliphatic heterocycles. The lowest BCUT2D eigenvalue weighted by atomic mass is 10.3. The molecule has 0 bridgehead atoms. The first-order valence-electron chi connectivity index (χ1n) is 9.54. The molecule has 9 nitrogen and oxygen atoms in total. The largest absolute Gasteiger partial charge is 0.350 e. The maximum atomic E-state index is 12.7. The number of rotatable bonds is 7. The fourth-order valence-corrected chi connectivity index (χ4v) is 4.88. The van der Waals surface area contributed by atoms with E-state index in [1.807, 2.05) is 18.2 Å². The van der Waals surface area contributed by atoms with Crippen LogP contribution in [0.1, 0.15) is 25.0 Å². The number of nitrogens with zero attached hydrogens (tertiary/aromatic N) is 5. The van der Waals surface area contributed by atoms with E-state index < -0.39 is 10.0 Å². The van der Waals surface area contributed by atoms with E-state index in [9.17, 15) is 13.2 Å². The number of hydrogen-bond acceptors (Lipinski definition) is 6. The molecule has 0 spiro atoms. The van der Waals surface area contributed by atoms with Gasteiger partial charge in [-0.15, -0.1) is 5.10 Å². The molecule has 29 heavy (non-hydrogen) atoms. The highest BCUT2D eigenvalue weighted by molar-refractivity contribution is 7.89. The van der Waals surface area contributed by atoms with Crippen LogP contribution in [0.25, 0.3) is 11.0 Å². The molecule has 3 heterocycles. The van der Waals surface area contributed by atoms with Crippen LogP contribution in [0.15, 0.2) is 47.5 Å². The Morgan fingerprint density at radius 3 is 2.72 bits per heavy atom. The highest BCUT2D eigenvalue weighted by atomic mass is 32.2. The summed E-state index contributed by atoms with van der Waals surface area (Å²) in [6.45, 7) is 1.83. The number of benzene rings is 1. The number of fused-ring (bicyclic) bond motifs is 1. The molecule has 0 unspecified atom stereocenters. The van der Waals surface area contributed by atoms with Crippen LogP contribution in [0.2, 0.25) is 0 Å². The highest BCUT2D eigenvalue weighted by Gasteiger charge is 2.27. The molecule has 152 valence electrons. The number of carbonyl (C=O) groups excluding carboxylic acids is 1. The lowest BCUT2D eigenvalue weighted by Crippen LogP contribution is -2.27. The minimum absolute atomic E-state index is 0.118. The summed E-state index contributed by atoms with van der Waals surface area (Å²) in [5.74, 6) is -0.118. The molecular weight excluding hydrogens is 392 g/mol. The van der Waals surface area contributed by atoms with Crippen LogP contribution in [0.5, 0.6) is 0 Å². The Bertz CT molecular complexity index is 1110. The van der Waals surface area contributed by atoms with Crippen molar-refractivity contribution in [1.29, 1.82) is 0 Å². The van der Waals surface area contributed by atoms with Crippen molar-refractivity contribution in [3.63, 3.8) is 0 Å². The Morgan fingerprint density at radius 1 is 1.14 bits per heavy atom. The van der Waals surface area contributed by atoms with Gasteiger partial charge < -0.3 is 5.32 Å². The van der Waals surface area contributed by atoms with E-state index in [-0.39, 0.29) is 17.2 Å². The molecule has 3 aromatic rings. The molecule has 1 amide bonds. The highest BCUT2D eigenvalue weighted by Crippen LogP contribution is 2.23. The molecule has 0 saturated carbocycles. The van der Waals surface area contributed by atoms with Gasteiger partial charge in [-0.05, 0) is 43.2 Å². The third-order valence-electron chi connectivity index (χ3n) is 4.93. The smallest absolute Gasteiger partial charge is 0.243 e. The van der Waals surface area contributed by atoms with Gasteiger partial charge >= 0.3 is 0 Å². The van der Waals surface area contributed by atoms with E-state index in [1.165, 1.54) is 4.31 Å². The SMILES string of the molecule is O=C(CCn1nnc2cc(S(=O)(=O)N3CCCC3)ccc21)NCc1ccccn1. The van der Waals surface area contributed by atoms with Gasteiger partial charge in [0.25, 0.3) is 0 Å². The monoisotopic (exact) mass is 414 g/mol. The molecule has 1 fully saturated rings. The maximum Gasteiger partial charge on any atom is 0.243 e. The Hall–Kier alpha value is -2.85. The minimum Gasteiger partial charge on any atom is -0.350 e. The Balaban J connectivity index is 1.40. The first-order valence-corrected chi connectivity index (χ1v) is 11.0. The molecule has 0 atom stereocenters. The molecule has 0 aliphatic carbocycles. The third-order valence-corrected chi connectivity index (χ3v) is 6.83. The first kappa shape index (κ1) is 19.5. The molecule has 10 heteroatoms. The van der Waals surface area contributed by atoms with Crippen LogP contribution < -0.4 is 5.32 Å². The number of aryl methyl sites for hydroxylation is 1. The van der Waals surface area contributed by atoms with E-state index in [0.717, 1.165) is 18.5 Å². The van der Waals surface area contributed by atoms with Crippen molar-refractivity contribution < 1.29 is 13.2 Å². The van der Waals surface area contributed by atoms with Gasteiger partial charge in [-0.2, -0.15) is 4.31 Å². The molecule has 0 radical (unpaired) electrons. The molecule has 1 aromatic carbocycles. The van der Waals surface area contributed by atoms with Crippen molar-refractivity contribution in [2.24, 2.45) is 0 Å². The van der Waals surface area contributed by atoms with Gasteiger partial charge in [0.15, 0.2) is 0 Å². The second kappa shape index (κ2) is 8.26. The van der Waals surface area contributed by atoms with Gasteiger partial charge in [0, 0.05) is 25.7 Å². The number of pyridine rings is 1. The Morgan fingerprint density at radius 2 is 1.97 bits per heavy atom. The standard InChI is InChI=1S/C19H22N6O3S/c26-19(21-14-15-5-1-2-9-20-15)8-12-25-18-7-6-16(13-17(18)22-23-25)29(27,28)24-10-3-4-11-24/h1-2,5-7,9,13H,3-4,8,10-12,14H2,(H,21,26). The van der Waals surface area contributed by atoms with Gasteiger partial charge in [-0.1, -0.05) is 11.3 Å². The van der Waals surface area contributed by atoms with Gasteiger partial charge in [0.05, 0.1) is 29.2 Å². The second-order valence-electron chi connectivity index (χ2n) is 6.92. The normalized spacial score (nSPS) is 15.0. The quantitative estimate of drug-likeness (QED) is 0.624. The van der Waals surface area contributed by atoms with Crippen LogP contribution in [0.3, 0.4) is 0 Å². The zero-order valence-corrected chi connectivity index (χ0v) is 16.7. The van der Waals surface area contributed by atoms with Crippen LogP contribution in [0.4, 0.5) is 0 Å². The predicted molar refractivity (Wildman–Crippen MR) is 106 cm³/mol. The summed E-state index contributed by atoms with van der Waals surface area (Å²) in [4.78, 5) is 16.5. The Labute approximate surface area is 168 Å². The fraction of sp³-hybridized carbons (Fsp3) is 0.368. The lowest BCUT2D eigenvalue weighted by molar-refractivity contribution is -0.121. The summed E-state index contributed by atoms with van der Waals surface area (Å²) in [7, 11) is -3.49. The number of hydrogen-bond donors (Lipinski definition) is 1. The van der Waals surface area contributed by atoms with Crippen LogP contribution >= 0.6 is 0 Å². The average molecular weight is 414 g/mol. The number of nitrogens with one attached hydrogen (secondary N) is 1. The summed E-state index contributed by atoms with van der Waals surface area (Å²) in [5.41, 5.74) is 1.99. The van der Waals surface area contributed by atoms with Crippen molar-refractivity contribution in [3.8, 4) is 0 Å². The fourth-order valence-electron chi connectivity index (χ4n) is 3.34. The molecule has 1 saturated heterocycles. The number of sulfonamides is 1. The summed E-state index contributed by atoms with van der Waals surface area (Å²) in [6, 6.07) is 10.4. The summed E-state index contributed by atoms with van der Waals surface area (Å²) < 4.78 is 28.5. The number of carbonyl (C=O) groups is 1. The van der Waals surface area contributed by atoms with Crippen LogP contribution in [-0.2, 0) is 27.9 Å². The molecular formula is C19H22N6O3S. The summed E-state index contributed by atoms with van der Waals surface area (Å²) >= 11 is 0. The van der Waals surface area contributed by atoms with Crippen molar-refractivity contribution in [3.05, 3.63) is 48.3 Å². The Kier molecular flexibility index (Phi) is 5.54. The van der Waals surface area contributed by atoms with Crippen molar-refractivity contribution in [2.45, 2.75) is 37.2 Å². The second-order valence-corrected chi connectivity index (χ2v) is 8.86. The van der Waals surface area contributed by atoms with Crippen molar-refractivity contribution in [2.75, 3.05) is 13.1 Å². The van der Waals surface area contributed by atoms with E-state index in [4.69, 9.17) is 0 Å². The third kappa shape index (κ3) is 4.28. The average Bonchev–Trinajstić information content (AvgIpc) is 3.41. The molecule has 4 rings (SSSR count). The zero-order valence-electron chi connectivity index (χ0n) is 15.9.